The molecule has 28 heavy (non-hydrogen) atoms. The number of pyridine rings is 1. The molecule has 138 valence electrons. The van der Waals surface area contributed by atoms with Gasteiger partial charge in [-0.2, -0.15) is 0 Å². The second-order valence-corrected chi connectivity index (χ2v) is 13.6. The summed E-state index contributed by atoms with van der Waals surface area (Å²) in [6.45, 7) is 9.33. The minimum absolute atomic E-state index is 0.926. The maximum Gasteiger partial charge on any atom is 0.144 e. The van der Waals surface area contributed by atoms with Crippen LogP contribution >= 0.6 is 0 Å². The van der Waals surface area contributed by atoms with E-state index in [1.807, 2.05) is 12.1 Å². The number of aryl methyl sites for hydroxylation is 1. The van der Waals surface area contributed by atoms with Crippen molar-refractivity contribution in [2.75, 3.05) is 0 Å². The van der Waals surface area contributed by atoms with Crippen molar-refractivity contribution in [1.82, 2.24) is 4.98 Å². The fourth-order valence-corrected chi connectivity index (χ4v) is 5.68. The summed E-state index contributed by atoms with van der Waals surface area (Å²) in [5, 5.41) is 5.04. The standard InChI is InChI=1S/C25H23NOSi/c1-16-13-19-17-9-6-8-12-23(17)27-25(19)20(14-16)22-15-24(28(2,3)4)18-10-5-7-11-21(18)26-22/h5-15H,1-4H3. The Morgan fingerprint density at radius 2 is 1.50 bits per heavy atom. The van der Waals surface area contributed by atoms with Gasteiger partial charge >= 0.3 is 0 Å². The zero-order valence-corrected chi connectivity index (χ0v) is 17.7. The summed E-state index contributed by atoms with van der Waals surface area (Å²) in [6.07, 6.45) is 0. The Morgan fingerprint density at radius 1 is 0.786 bits per heavy atom. The molecule has 0 atom stereocenters. The van der Waals surface area contributed by atoms with Crippen molar-refractivity contribution >= 4 is 46.1 Å². The van der Waals surface area contributed by atoms with Crippen LogP contribution in [0.4, 0.5) is 0 Å². The van der Waals surface area contributed by atoms with Crippen molar-refractivity contribution in [1.29, 1.82) is 0 Å². The monoisotopic (exact) mass is 381 g/mol. The number of aromatic nitrogens is 1. The summed E-state index contributed by atoms with van der Waals surface area (Å²) >= 11 is 0. The number of para-hydroxylation sites is 2. The van der Waals surface area contributed by atoms with Crippen LogP contribution in [-0.4, -0.2) is 13.1 Å². The molecule has 0 aliphatic rings. The van der Waals surface area contributed by atoms with Crippen molar-refractivity contribution < 1.29 is 4.42 Å². The summed E-state index contributed by atoms with van der Waals surface area (Å²) in [5.74, 6) is 0. The molecule has 0 radical (unpaired) electrons. The molecule has 2 aromatic heterocycles. The third-order valence-corrected chi connectivity index (χ3v) is 7.45. The van der Waals surface area contributed by atoms with Crippen molar-refractivity contribution in [3.63, 3.8) is 0 Å². The molecule has 0 unspecified atom stereocenters. The lowest BCUT2D eigenvalue weighted by molar-refractivity contribution is 0.670. The van der Waals surface area contributed by atoms with Gasteiger partial charge < -0.3 is 4.42 Å². The molecule has 0 fully saturated rings. The fraction of sp³-hybridized carbons (Fsp3) is 0.160. The molecule has 0 bridgehead atoms. The van der Waals surface area contributed by atoms with Gasteiger partial charge in [0.15, 0.2) is 0 Å². The summed E-state index contributed by atoms with van der Waals surface area (Å²) in [6, 6.07) is 23.5. The van der Waals surface area contributed by atoms with E-state index < -0.39 is 8.07 Å². The molecule has 0 N–H and O–H groups in total. The average molecular weight is 382 g/mol. The number of furan rings is 1. The summed E-state index contributed by atoms with van der Waals surface area (Å²) in [7, 11) is -1.55. The van der Waals surface area contributed by atoms with Crippen LogP contribution in [0, 0.1) is 6.92 Å². The average Bonchev–Trinajstić information content (AvgIpc) is 3.04. The first kappa shape index (κ1) is 17.2. The normalized spacial score (nSPS) is 12.3. The van der Waals surface area contributed by atoms with Gasteiger partial charge in [0.05, 0.1) is 19.3 Å². The predicted octanol–water partition coefficient (Wildman–Crippen LogP) is 6.65. The van der Waals surface area contributed by atoms with Crippen LogP contribution < -0.4 is 5.19 Å². The Labute approximate surface area is 165 Å². The van der Waals surface area contributed by atoms with Crippen LogP contribution in [0.2, 0.25) is 19.6 Å². The molecule has 0 spiro atoms. The van der Waals surface area contributed by atoms with Crippen molar-refractivity contribution in [2.24, 2.45) is 0 Å². The molecule has 2 nitrogen and oxygen atoms in total. The molecule has 3 aromatic carbocycles. The molecule has 0 aliphatic heterocycles. The molecule has 2 heterocycles. The molecule has 0 amide bonds. The van der Waals surface area contributed by atoms with E-state index in [1.54, 1.807) is 0 Å². The summed E-state index contributed by atoms with van der Waals surface area (Å²) in [4.78, 5) is 5.04. The van der Waals surface area contributed by atoms with Gasteiger partial charge in [-0.3, -0.25) is 0 Å². The van der Waals surface area contributed by atoms with E-state index in [-0.39, 0.29) is 0 Å². The Hall–Kier alpha value is -2.91. The first-order chi connectivity index (χ1) is 13.4. The van der Waals surface area contributed by atoms with Crippen molar-refractivity contribution in [3.05, 3.63) is 72.3 Å². The van der Waals surface area contributed by atoms with Crippen molar-refractivity contribution in [2.45, 2.75) is 26.6 Å². The molecule has 0 saturated heterocycles. The molecule has 3 heteroatoms. The van der Waals surface area contributed by atoms with E-state index in [0.29, 0.717) is 0 Å². The summed E-state index contributed by atoms with van der Waals surface area (Å²) < 4.78 is 6.30. The summed E-state index contributed by atoms with van der Waals surface area (Å²) in [5.41, 5.74) is 6.22. The van der Waals surface area contributed by atoms with Gasteiger partial charge in [0, 0.05) is 16.3 Å². The molecular formula is C25H23NOSi. The molecule has 0 saturated carbocycles. The topological polar surface area (TPSA) is 26.0 Å². The van der Waals surface area contributed by atoms with Crippen LogP contribution in [0.15, 0.2) is 71.1 Å². The quantitative estimate of drug-likeness (QED) is 0.320. The lowest BCUT2D eigenvalue weighted by Gasteiger charge is -2.20. The number of nitrogens with zero attached hydrogens (tertiary/aromatic N) is 1. The lowest BCUT2D eigenvalue weighted by atomic mass is 10.0. The van der Waals surface area contributed by atoms with E-state index in [9.17, 15) is 0 Å². The number of rotatable bonds is 2. The van der Waals surface area contributed by atoms with E-state index in [4.69, 9.17) is 9.40 Å². The highest BCUT2D eigenvalue weighted by Crippen LogP contribution is 2.36. The fourth-order valence-electron chi connectivity index (χ4n) is 4.10. The zero-order valence-electron chi connectivity index (χ0n) is 16.7. The number of benzene rings is 3. The highest BCUT2D eigenvalue weighted by atomic mass is 28.3. The third kappa shape index (κ3) is 2.66. The first-order valence-electron chi connectivity index (χ1n) is 9.74. The number of hydrogen-bond donors (Lipinski definition) is 0. The lowest BCUT2D eigenvalue weighted by Crippen LogP contribution is -2.38. The van der Waals surface area contributed by atoms with Crippen LogP contribution in [0.5, 0.6) is 0 Å². The largest absolute Gasteiger partial charge is 0.455 e. The van der Waals surface area contributed by atoms with Gasteiger partial charge in [-0.05, 0) is 53.4 Å². The van der Waals surface area contributed by atoms with E-state index in [0.717, 1.165) is 38.7 Å². The molecule has 5 rings (SSSR count). The van der Waals surface area contributed by atoms with E-state index >= 15 is 0 Å². The Kier molecular flexibility index (Phi) is 3.71. The smallest absolute Gasteiger partial charge is 0.144 e. The second-order valence-electron chi connectivity index (χ2n) is 8.61. The highest BCUT2D eigenvalue weighted by molar-refractivity contribution is 6.90. The Bertz CT molecular complexity index is 1360. The minimum Gasteiger partial charge on any atom is -0.455 e. The van der Waals surface area contributed by atoms with Gasteiger partial charge in [-0.25, -0.2) is 4.98 Å². The Balaban J connectivity index is 1.89. The highest BCUT2D eigenvalue weighted by Gasteiger charge is 2.22. The predicted molar refractivity (Wildman–Crippen MR) is 122 cm³/mol. The first-order valence-corrected chi connectivity index (χ1v) is 13.2. The van der Waals surface area contributed by atoms with E-state index in [2.05, 4.69) is 81.2 Å². The van der Waals surface area contributed by atoms with Crippen LogP contribution in [-0.2, 0) is 0 Å². The van der Waals surface area contributed by atoms with Gasteiger partial charge in [-0.15, -0.1) is 0 Å². The van der Waals surface area contributed by atoms with Crippen LogP contribution in [0.3, 0.4) is 0 Å². The molecule has 5 aromatic rings. The van der Waals surface area contributed by atoms with Crippen LogP contribution in [0.25, 0.3) is 44.1 Å². The number of hydrogen-bond acceptors (Lipinski definition) is 2. The SMILES string of the molecule is Cc1cc(-c2cc([Si](C)(C)C)c3ccccc3n2)c2oc3ccccc3c2c1. The number of fused-ring (bicyclic) bond motifs is 4. The maximum absolute atomic E-state index is 6.30. The maximum atomic E-state index is 6.30. The third-order valence-electron chi connectivity index (χ3n) is 5.42. The van der Waals surface area contributed by atoms with E-state index in [1.165, 1.54) is 16.1 Å². The molecular weight excluding hydrogens is 358 g/mol. The van der Waals surface area contributed by atoms with Gasteiger partial charge in [-0.1, -0.05) is 56.0 Å². The second kappa shape index (κ2) is 6.04. The zero-order chi connectivity index (χ0) is 19.5. The minimum atomic E-state index is -1.55. The molecule has 0 aliphatic carbocycles. The van der Waals surface area contributed by atoms with Crippen LogP contribution in [0.1, 0.15) is 5.56 Å². The van der Waals surface area contributed by atoms with Gasteiger partial charge in [0.2, 0.25) is 0 Å². The van der Waals surface area contributed by atoms with Gasteiger partial charge in [0.1, 0.15) is 11.2 Å². The van der Waals surface area contributed by atoms with Gasteiger partial charge in [0.25, 0.3) is 0 Å². The Morgan fingerprint density at radius 3 is 2.29 bits per heavy atom. The van der Waals surface area contributed by atoms with Crippen molar-refractivity contribution in [3.8, 4) is 11.3 Å².